The summed E-state index contributed by atoms with van der Waals surface area (Å²) in [6.45, 7) is 22.5. The van der Waals surface area contributed by atoms with Crippen molar-refractivity contribution in [1.29, 1.82) is 0 Å². The Morgan fingerprint density at radius 3 is 1.84 bits per heavy atom. The van der Waals surface area contributed by atoms with Crippen molar-refractivity contribution in [3.63, 3.8) is 0 Å². The van der Waals surface area contributed by atoms with Gasteiger partial charge in [0.25, 0.3) is 11.8 Å². The van der Waals surface area contributed by atoms with E-state index in [1.54, 1.807) is 36.8 Å². The number of rotatable bonds is 20. The maximum Gasteiger partial charge on any atom is 0.339 e. The van der Waals surface area contributed by atoms with Crippen molar-refractivity contribution in [3.05, 3.63) is 112 Å². The number of pyridine rings is 2. The van der Waals surface area contributed by atoms with Crippen LogP contribution in [0.2, 0.25) is 0 Å². The number of ether oxygens (including phenoxy) is 6. The van der Waals surface area contributed by atoms with Crippen LogP contribution < -0.4 is 41.0 Å². The maximum atomic E-state index is 13.9. The number of benzene rings is 1. The lowest BCUT2D eigenvalue weighted by Crippen LogP contribution is -2.56. The first-order chi connectivity index (χ1) is 33.1. The second-order valence-corrected chi connectivity index (χ2v) is 17.2. The zero-order chi connectivity index (χ0) is 52.7. The van der Waals surface area contributed by atoms with E-state index in [1.807, 2.05) is 73.7 Å². The molecule has 1 unspecified atom stereocenters. The normalized spacial score (nSPS) is 12.0. The third-order valence-corrected chi connectivity index (χ3v) is 11.6. The Kier molecular flexibility index (Phi) is 20.7. The second kappa shape index (κ2) is 25.4. The van der Waals surface area contributed by atoms with Crippen molar-refractivity contribution in [2.45, 2.75) is 99.6 Å². The van der Waals surface area contributed by atoms with Gasteiger partial charge < -0.3 is 59.3 Å². The number of hydrogen-bond acceptors (Lipinski definition) is 13. The summed E-state index contributed by atoms with van der Waals surface area (Å²) in [7, 11) is 5.65. The van der Waals surface area contributed by atoms with E-state index in [-0.39, 0.29) is 59.9 Å². The zero-order valence-electron chi connectivity index (χ0n) is 43.3. The van der Waals surface area contributed by atoms with E-state index in [2.05, 4.69) is 39.3 Å². The average molecular weight is 969 g/mol. The van der Waals surface area contributed by atoms with Crippen LogP contribution >= 0.6 is 0 Å². The molecule has 5 rings (SSSR count). The third-order valence-electron chi connectivity index (χ3n) is 11.6. The van der Waals surface area contributed by atoms with Gasteiger partial charge in [-0.1, -0.05) is 39.0 Å². The average Bonchev–Trinajstić information content (AvgIpc) is 3.80. The predicted molar refractivity (Wildman–Crippen MR) is 272 cm³/mol. The predicted octanol–water partition coefficient (Wildman–Crippen LogP) is 7.66. The molecule has 0 aliphatic heterocycles. The van der Waals surface area contributed by atoms with Crippen LogP contribution in [0.1, 0.15) is 111 Å². The van der Waals surface area contributed by atoms with E-state index >= 15 is 0 Å². The molecule has 0 bridgehead atoms. The van der Waals surface area contributed by atoms with Crippen LogP contribution in [0.5, 0.6) is 23.0 Å². The number of allylic oxidation sites excluding steroid dienone is 2. The highest BCUT2D eigenvalue weighted by atomic mass is 16.5. The molecule has 70 heavy (non-hydrogen) atoms. The SMILES string of the molecule is C/C=C(\C)Cc1c(C)c(OC)c2c(OCC(=O)NC(C)(CC)CC(C)(C)NC(=O)COc3cccn4c(C(=O)c5ccc(N)c(C(=O)OC)c5)c(C)c(OC)c34)cccn12.C=C(CN)C(=O)OC.CC. The zero-order valence-corrected chi connectivity index (χ0v) is 43.3. The number of nitrogens with one attached hydrogen (secondary N) is 2. The summed E-state index contributed by atoms with van der Waals surface area (Å²) < 4.78 is 36.6. The van der Waals surface area contributed by atoms with Gasteiger partial charge in [-0.05, 0) is 104 Å². The number of methoxy groups -OCH3 is 4. The molecular formula is C53H72N6O11. The minimum absolute atomic E-state index is 0.0741. The Morgan fingerprint density at radius 2 is 1.34 bits per heavy atom. The van der Waals surface area contributed by atoms with E-state index in [0.717, 1.165) is 23.2 Å². The van der Waals surface area contributed by atoms with E-state index in [4.69, 9.17) is 35.2 Å². The lowest BCUT2D eigenvalue weighted by Gasteiger charge is -2.38. The minimum atomic E-state index is -0.764. The molecule has 1 aromatic carbocycles. The number of anilines is 1. The van der Waals surface area contributed by atoms with E-state index in [0.29, 0.717) is 52.5 Å². The number of amides is 2. The van der Waals surface area contributed by atoms with Gasteiger partial charge in [-0.3, -0.25) is 14.4 Å². The van der Waals surface area contributed by atoms with Gasteiger partial charge in [0.05, 0.1) is 34.0 Å². The molecule has 0 aliphatic carbocycles. The summed E-state index contributed by atoms with van der Waals surface area (Å²) in [4.78, 5) is 63.5. The first-order valence-electron chi connectivity index (χ1n) is 23.0. The lowest BCUT2D eigenvalue weighted by atomic mass is 9.83. The molecule has 17 nitrogen and oxygen atoms in total. The molecule has 0 saturated heterocycles. The number of aromatic nitrogens is 2. The molecule has 17 heteroatoms. The van der Waals surface area contributed by atoms with E-state index in [1.165, 1.54) is 45.1 Å². The molecule has 4 aromatic heterocycles. The molecule has 5 aromatic rings. The number of ketones is 1. The number of nitrogens with zero attached hydrogens (tertiary/aromatic N) is 2. The monoisotopic (exact) mass is 969 g/mol. The number of hydrogen-bond donors (Lipinski definition) is 4. The quantitative estimate of drug-likeness (QED) is 0.0193. The van der Waals surface area contributed by atoms with Crippen LogP contribution in [-0.2, 0) is 30.3 Å². The lowest BCUT2D eigenvalue weighted by molar-refractivity contribution is -0.136. The fourth-order valence-electron chi connectivity index (χ4n) is 8.08. The highest BCUT2D eigenvalue weighted by Crippen LogP contribution is 2.39. The summed E-state index contributed by atoms with van der Waals surface area (Å²) in [6.07, 6.45) is 7.48. The van der Waals surface area contributed by atoms with Crippen molar-refractivity contribution >= 4 is 46.3 Å². The molecule has 4 heterocycles. The van der Waals surface area contributed by atoms with Crippen molar-refractivity contribution in [2.75, 3.05) is 53.9 Å². The number of fused-ring (bicyclic) bond motifs is 2. The van der Waals surface area contributed by atoms with Gasteiger partial charge in [0.1, 0.15) is 28.2 Å². The smallest absolute Gasteiger partial charge is 0.339 e. The van der Waals surface area contributed by atoms with Crippen LogP contribution in [0.25, 0.3) is 11.0 Å². The van der Waals surface area contributed by atoms with Gasteiger partial charge in [-0.15, -0.1) is 0 Å². The Labute approximate surface area is 411 Å². The summed E-state index contributed by atoms with van der Waals surface area (Å²) >= 11 is 0. The van der Waals surface area contributed by atoms with Crippen LogP contribution in [0.15, 0.2) is 78.7 Å². The van der Waals surface area contributed by atoms with Crippen LogP contribution in [-0.4, -0.2) is 97.6 Å². The Balaban J connectivity index is 0.00000117. The first-order valence-corrected chi connectivity index (χ1v) is 23.0. The Morgan fingerprint density at radius 1 is 0.800 bits per heavy atom. The van der Waals surface area contributed by atoms with Gasteiger partial charge in [0, 0.05) is 70.1 Å². The van der Waals surface area contributed by atoms with Crippen molar-refractivity contribution < 1.29 is 52.4 Å². The maximum absolute atomic E-state index is 13.9. The van der Waals surface area contributed by atoms with Gasteiger partial charge >= 0.3 is 11.9 Å². The fraction of sp³-hybridized carbons (Fsp3) is 0.415. The largest absolute Gasteiger partial charge is 0.494 e. The van der Waals surface area contributed by atoms with Crippen molar-refractivity contribution in [1.82, 2.24) is 19.4 Å². The van der Waals surface area contributed by atoms with Crippen molar-refractivity contribution in [3.8, 4) is 23.0 Å². The number of nitrogen functional groups attached to an aromatic ring is 1. The van der Waals surface area contributed by atoms with Gasteiger partial charge in [-0.2, -0.15) is 0 Å². The van der Waals surface area contributed by atoms with Crippen LogP contribution in [0.3, 0.4) is 0 Å². The summed E-state index contributed by atoms with van der Waals surface area (Å²) in [5.74, 6) is -0.237. The van der Waals surface area contributed by atoms with Gasteiger partial charge in [-0.25, -0.2) is 9.59 Å². The van der Waals surface area contributed by atoms with E-state index < -0.39 is 23.0 Å². The molecule has 380 valence electrons. The third kappa shape index (κ3) is 13.5. The highest BCUT2D eigenvalue weighted by Gasteiger charge is 2.34. The summed E-state index contributed by atoms with van der Waals surface area (Å²) in [6, 6.07) is 11.5. The molecule has 0 aliphatic rings. The second-order valence-electron chi connectivity index (χ2n) is 17.2. The van der Waals surface area contributed by atoms with E-state index in [9.17, 15) is 24.0 Å². The summed E-state index contributed by atoms with van der Waals surface area (Å²) in [5, 5.41) is 6.19. The number of carbonyl (C=O) groups is 5. The first kappa shape index (κ1) is 57.1. The molecule has 6 N–H and O–H groups in total. The molecule has 0 radical (unpaired) electrons. The minimum Gasteiger partial charge on any atom is -0.494 e. The Bertz CT molecular complexity index is 2720. The standard InChI is InChI=1S/C46H57N5O9.C5H9NO2.C2H6/c1-12-27(3)22-33-28(4)42(56-9)39-34(16-14-20-50(33)39)60-25-37(53)49-46(8,13-2)26-45(6,7)48-36(52)24-59-35-17-15-21-51-38(29(5)43(57-10)40(35)51)41(54)30-18-19-32(47)31(23-30)44(55)58-11;1-4(3-6)5(7)8-2;1-2/h12,14-21,23H,13,22,24-26,47H2,1-11H3,(H,48,52)(H,49,53);1,3,6H2,2H3;1-2H3/b27-12+;;. The highest BCUT2D eigenvalue weighted by molar-refractivity contribution is 6.12. The topological polar surface area (TPSA) is 226 Å². The molecule has 1 atom stereocenters. The van der Waals surface area contributed by atoms with Crippen LogP contribution in [0, 0.1) is 13.8 Å². The molecule has 0 fully saturated rings. The van der Waals surface area contributed by atoms with Gasteiger partial charge in [0.15, 0.2) is 24.7 Å². The van der Waals surface area contributed by atoms with Gasteiger partial charge in [0.2, 0.25) is 5.78 Å². The number of esters is 2. The number of carbonyl (C=O) groups excluding carboxylic acids is 5. The van der Waals surface area contributed by atoms with Crippen LogP contribution in [0.4, 0.5) is 5.69 Å². The number of nitrogens with two attached hydrogens (primary N) is 2. The molecule has 2 amide bonds. The molecular weight excluding hydrogens is 897 g/mol. The van der Waals surface area contributed by atoms with Crippen molar-refractivity contribution in [2.24, 2.45) is 5.73 Å². The molecule has 0 spiro atoms. The fourth-order valence-corrected chi connectivity index (χ4v) is 8.08. The summed E-state index contributed by atoms with van der Waals surface area (Å²) in [5.41, 5.74) is 15.7. The Hall–Kier alpha value is -7.27. The molecule has 0 saturated carbocycles.